The molecule has 2 unspecified atom stereocenters. The minimum Gasteiger partial charge on any atom is -0.465 e. The fourth-order valence-electron chi connectivity index (χ4n) is 1.83. The fraction of sp³-hybridized carbons (Fsp3) is 0.750. The van der Waals surface area contributed by atoms with E-state index in [0.717, 1.165) is 0 Å². The van der Waals surface area contributed by atoms with Gasteiger partial charge in [-0.1, -0.05) is 0 Å². The predicted molar refractivity (Wildman–Crippen MR) is 51.6 cm³/mol. The Labute approximate surface area is 87.2 Å². The molecule has 0 aromatic heterocycles. The Morgan fingerprint density at radius 3 is 2.00 bits per heavy atom. The van der Waals surface area contributed by atoms with E-state index in [1.165, 1.54) is 9.80 Å². The zero-order valence-corrected chi connectivity index (χ0v) is 8.86. The summed E-state index contributed by atoms with van der Waals surface area (Å²) >= 11 is 5.39. The summed E-state index contributed by atoms with van der Waals surface area (Å²) < 4.78 is 0. The second kappa shape index (κ2) is 4.04. The van der Waals surface area contributed by atoms with Crippen molar-refractivity contribution in [1.82, 2.24) is 9.80 Å². The van der Waals surface area contributed by atoms with Crippen LogP contribution in [0.15, 0.2) is 0 Å². The first-order valence-corrected chi connectivity index (χ1v) is 4.77. The topological polar surface area (TPSA) is 60.9 Å². The number of hydrogen-bond donors (Lipinski definition) is 1. The van der Waals surface area contributed by atoms with Crippen molar-refractivity contribution in [3.8, 4) is 0 Å². The van der Waals surface area contributed by atoms with Gasteiger partial charge in [-0.15, -0.1) is 0 Å². The van der Waals surface area contributed by atoms with Crippen LogP contribution in [0.25, 0.3) is 0 Å². The first-order chi connectivity index (χ1) is 6.43. The molecule has 5 nitrogen and oxygen atoms in total. The molecule has 1 N–H and O–H groups in total. The van der Waals surface area contributed by atoms with Gasteiger partial charge in [0, 0.05) is 25.2 Å². The van der Waals surface area contributed by atoms with Gasteiger partial charge in [0.2, 0.25) is 0 Å². The highest BCUT2D eigenvalue weighted by molar-refractivity contribution is 6.62. The molecule has 1 aliphatic heterocycles. The Kier molecular flexibility index (Phi) is 3.21. The average molecular weight is 221 g/mol. The molecule has 0 bridgehead atoms. The molecule has 0 aliphatic carbocycles. The third-order valence-electron chi connectivity index (χ3n) is 2.39. The number of hydrogen-bond acceptors (Lipinski definition) is 2. The highest BCUT2D eigenvalue weighted by Crippen LogP contribution is 2.17. The van der Waals surface area contributed by atoms with E-state index in [2.05, 4.69) is 0 Å². The Morgan fingerprint density at radius 2 is 1.71 bits per heavy atom. The molecule has 2 amide bonds. The Hall–Kier alpha value is -0.970. The van der Waals surface area contributed by atoms with Crippen LogP contribution in [0.1, 0.15) is 13.8 Å². The van der Waals surface area contributed by atoms with Gasteiger partial charge >= 0.3 is 11.5 Å². The summed E-state index contributed by atoms with van der Waals surface area (Å²) in [7, 11) is 0. The molecule has 0 spiro atoms. The molecule has 2 atom stereocenters. The minimum absolute atomic E-state index is 0.167. The third kappa shape index (κ3) is 2.09. The van der Waals surface area contributed by atoms with Crippen molar-refractivity contribution < 1.29 is 14.7 Å². The molecule has 1 saturated heterocycles. The molecule has 6 heteroatoms. The summed E-state index contributed by atoms with van der Waals surface area (Å²) in [5.74, 6) is 0. The summed E-state index contributed by atoms with van der Waals surface area (Å²) in [5, 5.41) is 8.27. The van der Waals surface area contributed by atoms with Crippen LogP contribution in [0, 0.1) is 0 Å². The lowest BCUT2D eigenvalue weighted by Gasteiger charge is -2.42. The number of carbonyl (C=O) groups is 2. The quantitative estimate of drug-likeness (QED) is 0.496. The van der Waals surface area contributed by atoms with Crippen molar-refractivity contribution in [2.75, 3.05) is 13.1 Å². The summed E-state index contributed by atoms with van der Waals surface area (Å²) in [6.07, 6.45) is -0.953. The molecular formula is C8H13ClN2O3. The molecular weight excluding hydrogens is 208 g/mol. The van der Waals surface area contributed by atoms with Gasteiger partial charge in [0.25, 0.3) is 0 Å². The van der Waals surface area contributed by atoms with Crippen LogP contribution in [-0.2, 0) is 0 Å². The largest absolute Gasteiger partial charge is 0.465 e. The van der Waals surface area contributed by atoms with Crippen LogP contribution in [0.3, 0.4) is 0 Å². The smallest absolute Gasteiger partial charge is 0.407 e. The van der Waals surface area contributed by atoms with Gasteiger partial charge in [-0.25, -0.2) is 4.79 Å². The van der Waals surface area contributed by atoms with Crippen molar-refractivity contribution in [2.45, 2.75) is 25.9 Å². The standard InChI is InChI=1S/C8H13ClN2O3/c1-5-3-10(8(13)14)4-6(2)11(5)7(9)12/h5-6H,3-4H2,1-2H3,(H,13,14). The second-order valence-electron chi connectivity index (χ2n) is 3.55. The highest BCUT2D eigenvalue weighted by atomic mass is 35.5. The lowest BCUT2D eigenvalue weighted by atomic mass is 10.1. The van der Waals surface area contributed by atoms with Crippen LogP contribution in [0.5, 0.6) is 0 Å². The van der Waals surface area contributed by atoms with Gasteiger partial charge < -0.3 is 14.9 Å². The van der Waals surface area contributed by atoms with Crippen LogP contribution < -0.4 is 0 Å². The monoisotopic (exact) mass is 220 g/mol. The summed E-state index contributed by atoms with van der Waals surface area (Å²) in [6.45, 7) is 4.20. The number of piperazine rings is 1. The van der Waals surface area contributed by atoms with Crippen LogP contribution in [0.2, 0.25) is 0 Å². The van der Waals surface area contributed by atoms with Gasteiger partial charge in [-0.3, -0.25) is 4.79 Å². The predicted octanol–water partition coefficient (Wildman–Crippen LogP) is 1.42. The first kappa shape index (κ1) is 11.1. The molecule has 0 radical (unpaired) electrons. The van der Waals surface area contributed by atoms with E-state index in [4.69, 9.17) is 16.7 Å². The van der Waals surface area contributed by atoms with E-state index < -0.39 is 11.5 Å². The van der Waals surface area contributed by atoms with Crippen molar-refractivity contribution >= 4 is 23.1 Å². The van der Waals surface area contributed by atoms with E-state index in [0.29, 0.717) is 13.1 Å². The third-order valence-corrected chi connectivity index (χ3v) is 2.59. The van der Waals surface area contributed by atoms with Crippen molar-refractivity contribution in [1.29, 1.82) is 0 Å². The van der Waals surface area contributed by atoms with Gasteiger partial charge in [0.1, 0.15) is 0 Å². The lowest BCUT2D eigenvalue weighted by Crippen LogP contribution is -2.58. The number of halogens is 1. The van der Waals surface area contributed by atoms with Gasteiger partial charge in [-0.2, -0.15) is 0 Å². The maximum Gasteiger partial charge on any atom is 0.407 e. The van der Waals surface area contributed by atoms with Crippen molar-refractivity contribution in [3.63, 3.8) is 0 Å². The van der Waals surface area contributed by atoms with Crippen molar-refractivity contribution in [2.24, 2.45) is 0 Å². The fourth-order valence-corrected chi connectivity index (χ4v) is 2.16. The van der Waals surface area contributed by atoms with Crippen LogP contribution in [-0.4, -0.2) is 51.5 Å². The van der Waals surface area contributed by atoms with Gasteiger partial charge in [-0.05, 0) is 25.4 Å². The average Bonchev–Trinajstić information content (AvgIpc) is 2.01. The first-order valence-electron chi connectivity index (χ1n) is 4.39. The Bertz CT molecular complexity index is 247. The minimum atomic E-state index is -0.953. The van der Waals surface area contributed by atoms with Crippen LogP contribution in [0.4, 0.5) is 9.59 Å². The molecule has 1 fully saturated rings. The maximum atomic E-state index is 11.0. The SMILES string of the molecule is CC1CN(C(=O)O)CC(C)N1C(=O)Cl. The van der Waals surface area contributed by atoms with E-state index in [-0.39, 0.29) is 12.1 Å². The zero-order valence-electron chi connectivity index (χ0n) is 8.11. The molecule has 1 heterocycles. The molecule has 0 aromatic carbocycles. The van der Waals surface area contributed by atoms with E-state index in [1.54, 1.807) is 13.8 Å². The molecule has 0 saturated carbocycles. The Morgan fingerprint density at radius 1 is 1.29 bits per heavy atom. The molecule has 1 aliphatic rings. The summed E-state index contributed by atoms with van der Waals surface area (Å²) in [4.78, 5) is 24.5. The Balaban J connectivity index is 2.72. The second-order valence-corrected chi connectivity index (χ2v) is 3.87. The van der Waals surface area contributed by atoms with Gasteiger partial charge in [0.15, 0.2) is 0 Å². The zero-order chi connectivity index (χ0) is 10.9. The molecule has 1 rings (SSSR count). The number of rotatable bonds is 0. The van der Waals surface area contributed by atoms with E-state index in [1.807, 2.05) is 0 Å². The number of carbonyl (C=O) groups excluding carboxylic acids is 1. The van der Waals surface area contributed by atoms with E-state index in [9.17, 15) is 9.59 Å². The molecule has 80 valence electrons. The number of carboxylic acid groups (broad SMARTS) is 1. The molecule has 0 aromatic rings. The normalized spacial score (nSPS) is 27.6. The summed E-state index contributed by atoms with van der Waals surface area (Å²) in [6, 6.07) is -0.334. The number of nitrogens with zero attached hydrogens (tertiary/aromatic N) is 2. The highest BCUT2D eigenvalue weighted by Gasteiger charge is 2.33. The number of amides is 2. The molecule has 14 heavy (non-hydrogen) atoms. The van der Waals surface area contributed by atoms with Crippen LogP contribution >= 0.6 is 11.6 Å². The van der Waals surface area contributed by atoms with Gasteiger partial charge in [0.05, 0.1) is 0 Å². The maximum absolute atomic E-state index is 11.0. The summed E-state index contributed by atoms with van der Waals surface area (Å²) in [5.41, 5.74) is 0. The van der Waals surface area contributed by atoms with Crippen molar-refractivity contribution in [3.05, 3.63) is 0 Å². The lowest BCUT2D eigenvalue weighted by molar-refractivity contribution is 0.0682. The van der Waals surface area contributed by atoms with E-state index >= 15 is 0 Å².